The van der Waals surface area contributed by atoms with Crippen LogP contribution in [0.15, 0.2) is 24.5 Å². The summed E-state index contributed by atoms with van der Waals surface area (Å²) in [5.41, 5.74) is 7.73. The van der Waals surface area contributed by atoms with Crippen molar-refractivity contribution in [1.29, 1.82) is 0 Å². The van der Waals surface area contributed by atoms with E-state index in [4.69, 9.17) is 5.73 Å². The van der Waals surface area contributed by atoms with Gasteiger partial charge in [-0.2, -0.15) is 0 Å². The average molecular weight is 219 g/mol. The maximum atomic E-state index is 6.45. The third-order valence-corrected chi connectivity index (χ3v) is 3.98. The minimum atomic E-state index is 0.0682. The van der Waals surface area contributed by atoms with Gasteiger partial charge in [-0.25, -0.2) is 0 Å². The molecule has 0 bridgehead atoms. The van der Waals surface area contributed by atoms with E-state index in [1.807, 2.05) is 12.3 Å². The number of hydrogen-bond acceptors (Lipinski definition) is 3. The Morgan fingerprint density at radius 3 is 2.56 bits per heavy atom. The van der Waals surface area contributed by atoms with Crippen LogP contribution in [0.1, 0.15) is 37.3 Å². The molecule has 3 nitrogen and oxygen atoms in total. The van der Waals surface area contributed by atoms with Gasteiger partial charge in [0.05, 0.1) is 0 Å². The van der Waals surface area contributed by atoms with Crippen LogP contribution in [0.4, 0.5) is 0 Å². The molecule has 0 spiro atoms. The summed E-state index contributed by atoms with van der Waals surface area (Å²) in [4.78, 5) is 6.47. The molecule has 1 aromatic heterocycles. The van der Waals surface area contributed by atoms with Gasteiger partial charge < -0.3 is 10.6 Å². The second-order valence-corrected chi connectivity index (χ2v) is 4.97. The lowest BCUT2D eigenvalue weighted by Gasteiger charge is -2.41. The molecule has 1 heterocycles. The lowest BCUT2D eigenvalue weighted by atomic mass is 9.84. The van der Waals surface area contributed by atoms with Crippen molar-refractivity contribution in [1.82, 2.24) is 9.88 Å². The van der Waals surface area contributed by atoms with E-state index in [1.54, 1.807) is 6.20 Å². The smallest absolute Gasteiger partial charge is 0.0497 e. The molecule has 2 N–H and O–H groups in total. The fourth-order valence-corrected chi connectivity index (χ4v) is 2.89. The molecule has 1 aromatic rings. The Bertz CT molecular complexity index is 328. The van der Waals surface area contributed by atoms with Crippen molar-refractivity contribution >= 4 is 0 Å². The third kappa shape index (κ3) is 1.85. The van der Waals surface area contributed by atoms with Crippen molar-refractivity contribution in [3.63, 3.8) is 0 Å². The van der Waals surface area contributed by atoms with Crippen LogP contribution in [0, 0.1) is 0 Å². The Morgan fingerprint density at radius 1 is 1.38 bits per heavy atom. The minimum Gasteiger partial charge on any atom is -0.322 e. The minimum absolute atomic E-state index is 0.0682. The predicted molar refractivity (Wildman–Crippen MR) is 66.1 cm³/mol. The van der Waals surface area contributed by atoms with Crippen LogP contribution in [-0.4, -0.2) is 29.5 Å². The van der Waals surface area contributed by atoms with Crippen LogP contribution in [0.3, 0.4) is 0 Å². The molecular formula is C13H21N3. The zero-order chi connectivity index (χ0) is 11.6. The molecular weight excluding hydrogens is 198 g/mol. The number of aromatic nitrogens is 1. The van der Waals surface area contributed by atoms with Gasteiger partial charge in [0.1, 0.15) is 0 Å². The lowest BCUT2D eigenvalue weighted by Crippen LogP contribution is -2.50. The molecule has 2 rings (SSSR count). The lowest BCUT2D eigenvalue weighted by molar-refractivity contribution is 0.123. The monoisotopic (exact) mass is 219 g/mol. The molecule has 0 aliphatic heterocycles. The largest absolute Gasteiger partial charge is 0.322 e. The molecule has 1 aliphatic rings. The van der Waals surface area contributed by atoms with Crippen LogP contribution in [-0.2, 0) is 0 Å². The highest BCUT2D eigenvalue weighted by Crippen LogP contribution is 2.41. The number of likely N-dealkylation sites (N-methyl/N-ethyl adjacent to an activating group) is 1. The molecule has 0 aromatic carbocycles. The standard InChI is InChI=1S/C13H21N3/c1-16(2)13(7-3-4-8-13)12(14)11-6-5-9-15-10-11/h5-6,9-10,12H,3-4,7-8,14H2,1-2H3. The van der Waals surface area contributed by atoms with Crippen molar-refractivity contribution < 1.29 is 0 Å². The summed E-state index contributed by atoms with van der Waals surface area (Å²) in [6, 6.07) is 4.12. The molecule has 1 fully saturated rings. The average Bonchev–Trinajstić information content (AvgIpc) is 2.79. The number of nitrogens with two attached hydrogens (primary N) is 1. The van der Waals surface area contributed by atoms with Gasteiger partial charge in [0, 0.05) is 24.0 Å². The maximum Gasteiger partial charge on any atom is 0.0497 e. The van der Waals surface area contributed by atoms with Gasteiger partial charge >= 0.3 is 0 Å². The third-order valence-electron chi connectivity index (χ3n) is 3.98. The van der Waals surface area contributed by atoms with Gasteiger partial charge in [0.15, 0.2) is 0 Å². The number of rotatable bonds is 3. The Morgan fingerprint density at radius 2 is 2.06 bits per heavy atom. The van der Waals surface area contributed by atoms with Crippen LogP contribution in [0.25, 0.3) is 0 Å². The van der Waals surface area contributed by atoms with Gasteiger partial charge in [0.2, 0.25) is 0 Å². The highest BCUT2D eigenvalue weighted by atomic mass is 15.2. The molecule has 88 valence electrons. The summed E-state index contributed by atoms with van der Waals surface area (Å²) in [7, 11) is 4.28. The molecule has 3 heteroatoms. The Labute approximate surface area is 97.7 Å². The van der Waals surface area contributed by atoms with Crippen LogP contribution < -0.4 is 5.73 Å². The van der Waals surface area contributed by atoms with Gasteiger partial charge in [-0.15, -0.1) is 0 Å². The van der Waals surface area contributed by atoms with E-state index in [2.05, 4.69) is 30.0 Å². The molecule has 0 amide bonds. The SMILES string of the molecule is CN(C)C1(C(N)c2cccnc2)CCCC1. The number of nitrogens with zero attached hydrogens (tertiary/aromatic N) is 2. The molecule has 1 atom stereocenters. The van der Waals surface area contributed by atoms with E-state index in [1.165, 1.54) is 25.7 Å². The highest BCUT2D eigenvalue weighted by Gasteiger charge is 2.42. The van der Waals surface area contributed by atoms with E-state index in [0.29, 0.717) is 0 Å². The molecule has 0 saturated heterocycles. The quantitative estimate of drug-likeness (QED) is 0.845. The number of hydrogen-bond donors (Lipinski definition) is 1. The van der Waals surface area contributed by atoms with Crippen molar-refractivity contribution in [2.75, 3.05) is 14.1 Å². The summed E-state index contributed by atoms with van der Waals surface area (Å²) < 4.78 is 0. The van der Waals surface area contributed by atoms with Crippen molar-refractivity contribution in [3.8, 4) is 0 Å². The van der Waals surface area contributed by atoms with E-state index in [-0.39, 0.29) is 11.6 Å². The second kappa shape index (κ2) is 4.52. The van der Waals surface area contributed by atoms with Gasteiger partial charge in [0.25, 0.3) is 0 Å². The Kier molecular flexibility index (Phi) is 3.26. The fraction of sp³-hybridized carbons (Fsp3) is 0.615. The molecule has 1 saturated carbocycles. The maximum absolute atomic E-state index is 6.45. The van der Waals surface area contributed by atoms with Crippen LogP contribution in [0.5, 0.6) is 0 Å². The normalized spacial score (nSPS) is 21.2. The second-order valence-electron chi connectivity index (χ2n) is 4.97. The topological polar surface area (TPSA) is 42.1 Å². The van der Waals surface area contributed by atoms with Gasteiger partial charge in [-0.3, -0.25) is 4.98 Å². The van der Waals surface area contributed by atoms with Crippen molar-refractivity contribution in [2.45, 2.75) is 37.3 Å². The first kappa shape index (κ1) is 11.6. The molecule has 1 unspecified atom stereocenters. The summed E-state index contributed by atoms with van der Waals surface area (Å²) in [6.45, 7) is 0. The Balaban J connectivity index is 2.28. The van der Waals surface area contributed by atoms with Gasteiger partial charge in [-0.05, 0) is 38.6 Å². The predicted octanol–water partition coefficient (Wildman–Crippen LogP) is 1.96. The van der Waals surface area contributed by atoms with Crippen LogP contribution in [0.2, 0.25) is 0 Å². The first-order valence-electron chi connectivity index (χ1n) is 6.00. The Hall–Kier alpha value is -0.930. The first-order valence-corrected chi connectivity index (χ1v) is 6.00. The van der Waals surface area contributed by atoms with Crippen molar-refractivity contribution in [3.05, 3.63) is 30.1 Å². The molecule has 16 heavy (non-hydrogen) atoms. The van der Waals surface area contributed by atoms with Crippen molar-refractivity contribution in [2.24, 2.45) is 5.73 Å². The fourth-order valence-electron chi connectivity index (χ4n) is 2.89. The molecule has 1 aliphatic carbocycles. The van der Waals surface area contributed by atoms with Gasteiger partial charge in [-0.1, -0.05) is 18.9 Å². The highest BCUT2D eigenvalue weighted by molar-refractivity contribution is 5.20. The van der Waals surface area contributed by atoms with Crippen LogP contribution >= 0.6 is 0 Å². The molecule has 0 radical (unpaired) electrons. The summed E-state index contributed by atoms with van der Waals surface area (Å²) >= 11 is 0. The van der Waals surface area contributed by atoms with E-state index < -0.39 is 0 Å². The van der Waals surface area contributed by atoms with E-state index >= 15 is 0 Å². The van der Waals surface area contributed by atoms with E-state index in [9.17, 15) is 0 Å². The van der Waals surface area contributed by atoms with E-state index in [0.717, 1.165) is 5.56 Å². The summed E-state index contributed by atoms with van der Waals surface area (Å²) in [5.74, 6) is 0. The zero-order valence-electron chi connectivity index (χ0n) is 10.2. The first-order chi connectivity index (χ1) is 7.67. The zero-order valence-corrected chi connectivity index (χ0v) is 10.2. The summed E-state index contributed by atoms with van der Waals surface area (Å²) in [6.07, 6.45) is 8.64. The summed E-state index contributed by atoms with van der Waals surface area (Å²) in [5, 5.41) is 0. The number of pyridine rings is 1.